The number of hydrogen-bond acceptors (Lipinski definition) is 8. The number of nitrogens with two attached hydrogens (primary N) is 1. The Morgan fingerprint density at radius 1 is 0.826 bits per heavy atom. The number of nitrogens with zero attached hydrogens (tertiary/aromatic N) is 3. The molecule has 0 saturated carbocycles. The lowest BCUT2D eigenvalue weighted by atomic mass is 10.2. The van der Waals surface area contributed by atoms with Crippen LogP contribution in [0.3, 0.4) is 0 Å². The van der Waals surface area contributed by atoms with E-state index in [2.05, 4.69) is 50.5 Å². The highest BCUT2D eigenvalue weighted by atomic mass is 32.1. The van der Waals surface area contributed by atoms with E-state index in [4.69, 9.17) is 5.73 Å². The predicted octanol–water partition coefficient (Wildman–Crippen LogP) is 2.60. The molecule has 0 aliphatic carbocycles. The molecule has 1 heterocycles. The Bertz CT molecular complexity index is 403. The van der Waals surface area contributed by atoms with Gasteiger partial charge in [0.05, 0.1) is 0 Å². The molecular weight excluding hydrogens is 310 g/mol. The molecule has 0 amide bonds. The topological polar surface area (TPSA) is 101 Å². The molecular formula is C15H33N7S. The Labute approximate surface area is 146 Å². The molecule has 5 N–H and O–H groups in total. The lowest BCUT2D eigenvalue weighted by molar-refractivity contribution is 0.683. The lowest BCUT2D eigenvalue weighted by Crippen LogP contribution is -2.15. The molecule has 0 bridgehead atoms. The van der Waals surface area contributed by atoms with Crippen molar-refractivity contribution in [3.63, 3.8) is 0 Å². The minimum absolute atomic E-state index is 0. The number of rotatable bonds is 13. The summed E-state index contributed by atoms with van der Waals surface area (Å²) in [6.45, 7) is 5.19. The molecule has 23 heavy (non-hydrogen) atoms. The number of thiol groups is 1. The van der Waals surface area contributed by atoms with Gasteiger partial charge in [-0.1, -0.05) is 33.6 Å². The summed E-state index contributed by atoms with van der Waals surface area (Å²) in [6.07, 6.45) is 5.72. The first-order valence-corrected chi connectivity index (χ1v) is 8.72. The first-order chi connectivity index (χ1) is 10.8. The van der Waals surface area contributed by atoms with E-state index in [1.54, 1.807) is 0 Å². The van der Waals surface area contributed by atoms with E-state index in [-0.39, 0.29) is 7.43 Å². The average Bonchev–Trinajstić information content (AvgIpc) is 2.53. The van der Waals surface area contributed by atoms with Crippen LogP contribution in [0.2, 0.25) is 0 Å². The smallest absolute Gasteiger partial charge is 0.229 e. The summed E-state index contributed by atoms with van der Waals surface area (Å²) < 4.78 is 0. The third-order valence-corrected chi connectivity index (χ3v) is 3.23. The molecule has 0 unspecified atom stereocenters. The van der Waals surface area contributed by atoms with Crippen LogP contribution >= 0.6 is 12.6 Å². The van der Waals surface area contributed by atoms with Crippen LogP contribution in [0.4, 0.5) is 17.8 Å². The van der Waals surface area contributed by atoms with Crippen molar-refractivity contribution in [1.29, 1.82) is 0 Å². The normalized spacial score (nSPS) is 10.0. The predicted molar refractivity (Wildman–Crippen MR) is 104 cm³/mol. The third kappa shape index (κ3) is 10.2. The van der Waals surface area contributed by atoms with Crippen LogP contribution < -0.4 is 21.7 Å². The van der Waals surface area contributed by atoms with Gasteiger partial charge >= 0.3 is 0 Å². The molecule has 8 heteroatoms. The number of aromatic nitrogens is 3. The Morgan fingerprint density at radius 2 is 1.35 bits per heavy atom. The Kier molecular flexibility index (Phi) is 13.5. The number of nitrogens with one attached hydrogen (secondary N) is 3. The van der Waals surface area contributed by atoms with Crippen LogP contribution in [0, 0.1) is 0 Å². The van der Waals surface area contributed by atoms with E-state index in [1.807, 2.05) is 0 Å². The SMILES string of the molecule is C.CCCCCCNc1nc(NCCS)nc(NCCCN)n1. The van der Waals surface area contributed by atoms with Gasteiger partial charge in [-0.2, -0.15) is 27.6 Å². The minimum Gasteiger partial charge on any atom is -0.354 e. The third-order valence-electron chi connectivity index (χ3n) is 3.01. The Hall–Kier alpha value is -1.28. The van der Waals surface area contributed by atoms with Crippen LogP contribution in [0.5, 0.6) is 0 Å². The van der Waals surface area contributed by atoms with Gasteiger partial charge in [-0.25, -0.2) is 0 Å². The Morgan fingerprint density at radius 3 is 1.83 bits per heavy atom. The van der Waals surface area contributed by atoms with Gasteiger partial charge in [0.25, 0.3) is 0 Å². The fourth-order valence-electron chi connectivity index (χ4n) is 1.84. The van der Waals surface area contributed by atoms with Gasteiger partial charge < -0.3 is 21.7 Å². The van der Waals surface area contributed by atoms with Crippen LogP contribution in [-0.2, 0) is 0 Å². The van der Waals surface area contributed by atoms with Gasteiger partial charge in [-0.15, -0.1) is 0 Å². The zero-order chi connectivity index (χ0) is 16.0. The van der Waals surface area contributed by atoms with E-state index in [1.165, 1.54) is 19.3 Å². The second-order valence-corrected chi connectivity index (χ2v) is 5.46. The summed E-state index contributed by atoms with van der Waals surface area (Å²) in [5, 5.41) is 9.57. The second-order valence-electron chi connectivity index (χ2n) is 5.01. The zero-order valence-corrected chi connectivity index (χ0v) is 14.3. The van der Waals surface area contributed by atoms with E-state index in [9.17, 15) is 0 Å². The van der Waals surface area contributed by atoms with Crippen molar-refractivity contribution >= 4 is 30.5 Å². The Balaban J connectivity index is 0.00000484. The van der Waals surface area contributed by atoms with E-state index < -0.39 is 0 Å². The van der Waals surface area contributed by atoms with Crippen molar-refractivity contribution in [3.05, 3.63) is 0 Å². The summed E-state index contributed by atoms with van der Waals surface area (Å²) in [5.41, 5.74) is 5.50. The standard InChI is InChI=1S/C14H29N7S.CH4/c1-2-3-4-5-8-16-12-19-13(17-9-6-7-15)21-14(20-12)18-10-11-22;/h22H,2-11,15H2,1H3,(H3,16,17,18,19,20,21);1H4. The highest BCUT2D eigenvalue weighted by Gasteiger charge is 2.05. The zero-order valence-electron chi connectivity index (χ0n) is 13.4. The molecule has 7 nitrogen and oxygen atoms in total. The molecule has 0 aliphatic heterocycles. The molecule has 0 saturated heterocycles. The van der Waals surface area contributed by atoms with Crippen molar-refractivity contribution in [2.75, 3.05) is 47.9 Å². The lowest BCUT2D eigenvalue weighted by Gasteiger charge is -2.10. The summed E-state index contributed by atoms with van der Waals surface area (Å²) in [5.74, 6) is 2.46. The summed E-state index contributed by atoms with van der Waals surface area (Å²) in [7, 11) is 0. The van der Waals surface area contributed by atoms with E-state index >= 15 is 0 Å². The minimum atomic E-state index is 0. The molecule has 0 fully saturated rings. The van der Waals surface area contributed by atoms with Gasteiger partial charge in [0.2, 0.25) is 17.8 Å². The molecule has 1 rings (SSSR count). The van der Waals surface area contributed by atoms with E-state index in [0.717, 1.165) is 31.7 Å². The molecule has 1 aromatic rings. The molecule has 0 aliphatic rings. The maximum absolute atomic E-state index is 5.50. The molecule has 1 aromatic heterocycles. The number of anilines is 3. The van der Waals surface area contributed by atoms with Crippen LogP contribution in [0.1, 0.15) is 46.5 Å². The average molecular weight is 344 g/mol. The van der Waals surface area contributed by atoms with E-state index in [0.29, 0.717) is 30.9 Å². The van der Waals surface area contributed by atoms with Crippen LogP contribution in [0.25, 0.3) is 0 Å². The first kappa shape index (κ1) is 21.7. The molecule has 0 atom stereocenters. The number of unbranched alkanes of at least 4 members (excludes halogenated alkanes) is 3. The van der Waals surface area contributed by atoms with Crippen LogP contribution in [-0.4, -0.2) is 46.9 Å². The first-order valence-electron chi connectivity index (χ1n) is 8.08. The maximum atomic E-state index is 5.50. The highest BCUT2D eigenvalue weighted by molar-refractivity contribution is 7.80. The van der Waals surface area contributed by atoms with Crippen molar-refractivity contribution in [2.45, 2.75) is 46.5 Å². The van der Waals surface area contributed by atoms with Gasteiger partial charge in [-0.05, 0) is 19.4 Å². The number of hydrogen-bond donors (Lipinski definition) is 5. The largest absolute Gasteiger partial charge is 0.354 e. The second kappa shape index (κ2) is 14.3. The fraction of sp³-hybridized carbons (Fsp3) is 0.800. The molecule has 0 radical (unpaired) electrons. The van der Waals surface area contributed by atoms with Crippen molar-refractivity contribution in [1.82, 2.24) is 15.0 Å². The summed E-state index contributed by atoms with van der Waals surface area (Å²) in [4.78, 5) is 13.1. The fourth-order valence-corrected chi connectivity index (χ4v) is 1.95. The van der Waals surface area contributed by atoms with Gasteiger partial charge in [0, 0.05) is 25.4 Å². The molecule has 0 aromatic carbocycles. The monoisotopic (exact) mass is 343 g/mol. The maximum Gasteiger partial charge on any atom is 0.229 e. The summed E-state index contributed by atoms with van der Waals surface area (Å²) in [6, 6.07) is 0. The van der Waals surface area contributed by atoms with Gasteiger partial charge in [0.15, 0.2) is 0 Å². The highest BCUT2D eigenvalue weighted by Crippen LogP contribution is 2.10. The van der Waals surface area contributed by atoms with Crippen LogP contribution in [0.15, 0.2) is 0 Å². The van der Waals surface area contributed by atoms with Crippen molar-refractivity contribution in [2.24, 2.45) is 5.73 Å². The quantitative estimate of drug-likeness (QED) is 0.277. The van der Waals surface area contributed by atoms with Crippen molar-refractivity contribution in [3.8, 4) is 0 Å². The molecule has 0 spiro atoms. The molecule has 134 valence electrons. The summed E-state index contributed by atoms with van der Waals surface area (Å²) >= 11 is 4.18. The van der Waals surface area contributed by atoms with Gasteiger partial charge in [0.1, 0.15) is 0 Å². The van der Waals surface area contributed by atoms with Gasteiger partial charge in [-0.3, -0.25) is 0 Å². The van der Waals surface area contributed by atoms with Crippen molar-refractivity contribution < 1.29 is 0 Å².